The molecule has 0 amide bonds. The lowest BCUT2D eigenvalue weighted by Crippen LogP contribution is -2.31. The molecule has 1 heterocycles. The van der Waals surface area contributed by atoms with Gasteiger partial charge in [-0.3, -0.25) is 0 Å². The van der Waals surface area contributed by atoms with E-state index in [1.807, 2.05) is 20.8 Å². The van der Waals surface area contributed by atoms with Crippen molar-refractivity contribution in [1.29, 1.82) is 0 Å². The van der Waals surface area contributed by atoms with Gasteiger partial charge >= 0.3 is 0 Å². The molecule has 7 heteroatoms. The predicted octanol–water partition coefficient (Wildman–Crippen LogP) is 2.88. The van der Waals surface area contributed by atoms with E-state index in [9.17, 15) is 0 Å². The highest BCUT2D eigenvalue weighted by Crippen LogP contribution is 2.26. The van der Waals surface area contributed by atoms with Crippen molar-refractivity contribution in [2.24, 2.45) is 16.3 Å². The Balaban J connectivity index is 2.19. The Bertz CT molecular complexity index is 404. The second-order valence-corrected chi connectivity index (χ2v) is 7.29. The van der Waals surface area contributed by atoms with Gasteiger partial charge in [0, 0.05) is 11.2 Å². The Morgan fingerprint density at radius 2 is 2.17 bits per heavy atom. The summed E-state index contributed by atoms with van der Waals surface area (Å²) in [5, 5.41) is 20.8. The number of oxime groups is 1. The third-order valence-corrected chi connectivity index (χ3v) is 4.79. The van der Waals surface area contributed by atoms with Gasteiger partial charge in [-0.05, 0) is 19.8 Å². The molecule has 3 N–H and O–H groups in total. The van der Waals surface area contributed by atoms with Crippen LogP contribution in [0, 0.1) is 12.3 Å². The summed E-state index contributed by atoms with van der Waals surface area (Å²) in [7, 11) is 0. The van der Waals surface area contributed by atoms with Crippen LogP contribution in [0.3, 0.4) is 0 Å². The van der Waals surface area contributed by atoms with E-state index in [4.69, 9.17) is 10.9 Å². The van der Waals surface area contributed by atoms with Crippen LogP contribution in [0.1, 0.15) is 38.1 Å². The lowest BCUT2D eigenvalue weighted by molar-refractivity contribution is 0.304. The molecule has 1 aromatic rings. The van der Waals surface area contributed by atoms with Gasteiger partial charge in [-0.2, -0.15) is 0 Å². The average Bonchev–Trinajstić information content (AvgIpc) is 2.73. The van der Waals surface area contributed by atoms with Crippen molar-refractivity contribution in [3.8, 4) is 0 Å². The van der Waals surface area contributed by atoms with Crippen molar-refractivity contribution in [3.63, 3.8) is 0 Å². The summed E-state index contributed by atoms with van der Waals surface area (Å²) >= 11 is 3.37. The van der Waals surface area contributed by atoms with Crippen molar-refractivity contribution >= 4 is 28.9 Å². The van der Waals surface area contributed by atoms with Gasteiger partial charge < -0.3 is 10.9 Å². The predicted molar refractivity (Wildman–Crippen MR) is 76.4 cm³/mol. The maximum atomic E-state index is 8.67. The first kappa shape index (κ1) is 15.2. The van der Waals surface area contributed by atoms with Crippen molar-refractivity contribution in [2.45, 2.75) is 44.4 Å². The number of aromatic nitrogens is 2. The van der Waals surface area contributed by atoms with Gasteiger partial charge in [-0.1, -0.05) is 48.5 Å². The molecule has 0 bridgehead atoms. The topological polar surface area (TPSA) is 84.4 Å². The first-order valence-electron chi connectivity index (χ1n) is 5.86. The highest BCUT2D eigenvalue weighted by atomic mass is 32.2. The minimum Gasteiger partial charge on any atom is -0.409 e. The minimum absolute atomic E-state index is 0.237. The van der Waals surface area contributed by atoms with Gasteiger partial charge in [0.2, 0.25) is 0 Å². The summed E-state index contributed by atoms with van der Waals surface area (Å²) in [5.74, 6) is 1.33. The molecule has 0 aliphatic carbocycles. The molecule has 0 radical (unpaired) electrons. The summed E-state index contributed by atoms with van der Waals surface area (Å²) in [6, 6.07) is 0. The normalized spacial score (nSPS) is 12.9. The van der Waals surface area contributed by atoms with Crippen LogP contribution in [0.5, 0.6) is 0 Å². The van der Waals surface area contributed by atoms with Gasteiger partial charge in [-0.15, -0.1) is 10.2 Å². The number of hydrogen-bond acceptors (Lipinski definition) is 6. The van der Waals surface area contributed by atoms with Gasteiger partial charge in [0.1, 0.15) is 10.8 Å². The summed E-state index contributed by atoms with van der Waals surface area (Å²) in [6.45, 7) is 5.94. The largest absolute Gasteiger partial charge is 0.409 e. The van der Waals surface area contributed by atoms with Crippen LogP contribution < -0.4 is 5.73 Å². The summed E-state index contributed by atoms with van der Waals surface area (Å²) in [4.78, 5) is 0. The number of thioether (sulfide) groups is 1. The highest BCUT2D eigenvalue weighted by Gasteiger charge is 2.22. The maximum absolute atomic E-state index is 8.67. The van der Waals surface area contributed by atoms with Crippen LogP contribution in [0.15, 0.2) is 9.50 Å². The molecule has 0 spiro atoms. The molecule has 0 saturated carbocycles. The molecule has 1 rings (SSSR count). The monoisotopic (exact) mass is 288 g/mol. The van der Waals surface area contributed by atoms with Gasteiger partial charge in [0.15, 0.2) is 4.34 Å². The fourth-order valence-electron chi connectivity index (χ4n) is 1.43. The molecule has 0 fully saturated rings. The van der Waals surface area contributed by atoms with Gasteiger partial charge in [0.25, 0.3) is 0 Å². The van der Waals surface area contributed by atoms with E-state index in [0.717, 1.165) is 34.4 Å². The van der Waals surface area contributed by atoms with E-state index in [1.54, 1.807) is 23.1 Å². The summed E-state index contributed by atoms with van der Waals surface area (Å²) in [5.41, 5.74) is 5.40. The second-order valence-electron chi connectivity index (χ2n) is 4.76. The second kappa shape index (κ2) is 6.94. The van der Waals surface area contributed by atoms with Crippen LogP contribution in [0.25, 0.3) is 0 Å². The Morgan fingerprint density at radius 3 is 2.72 bits per heavy atom. The van der Waals surface area contributed by atoms with Crippen molar-refractivity contribution < 1.29 is 5.21 Å². The third kappa shape index (κ3) is 4.81. The number of unbranched alkanes of at least 4 members (excludes halogenated alkanes) is 1. The van der Waals surface area contributed by atoms with E-state index < -0.39 is 0 Å². The average molecular weight is 288 g/mol. The van der Waals surface area contributed by atoms with Crippen LogP contribution in [-0.2, 0) is 0 Å². The molecular formula is C11H20N4OS2. The lowest BCUT2D eigenvalue weighted by Gasteiger charge is -2.22. The Labute approximate surface area is 116 Å². The number of hydrogen-bond donors (Lipinski definition) is 2. The lowest BCUT2D eigenvalue weighted by atomic mass is 9.86. The molecule has 0 atom stereocenters. The van der Waals surface area contributed by atoms with Crippen LogP contribution >= 0.6 is 23.1 Å². The van der Waals surface area contributed by atoms with Gasteiger partial charge in [-0.25, -0.2) is 0 Å². The van der Waals surface area contributed by atoms with E-state index in [2.05, 4.69) is 15.4 Å². The van der Waals surface area contributed by atoms with Crippen LogP contribution in [0.4, 0.5) is 0 Å². The first-order chi connectivity index (χ1) is 8.45. The van der Waals surface area contributed by atoms with Crippen molar-refractivity contribution in [3.05, 3.63) is 5.01 Å². The first-order valence-corrected chi connectivity index (χ1v) is 7.67. The number of nitrogens with zero attached hydrogens (tertiary/aromatic N) is 3. The Morgan fingerprint density at radius 1 is 1.44 bits per heavy atom. The highest BCUT2D eigenvalue weighted by molar-refractivity contribution is 8.01. The fourth-order valence-corrected chi connectivity index (χ4v) is 3.31. The molecule has 0 saturated heterocycles. The van der Waals surface area contributed by atoms with Crippen molar-refractivity contribution in [2.75, 3.05) is 5.75 Å². The standard InChI is InChI=1S/C11H20N4OS2/c1-8-13-14-10(18-8)17-7-5-4-6-11(2,3)9(12)15-16/h16H,4-7H2,1-3H3,(H2,12,15). The number of amidine groups is 1. The van der Waals surface area contributed by atoms with Crippen LogP contribution in [-0.4, -0.2) is 27.0 Å². The molecule has 102 valence electrons. The number of aryl methyl sites for hydroxylation is 1. The van der Waals surface area contributed by atoms with E-state index in [0.29, 0.717) is 5.84 Å². The minimum atomic E-state index is -0.237. The third-order valence-electron chi connectivity index (χ3n) is 2.73. The Hall–Kier alpha value is -0.820. The van der Waals surface area contributed by atoms with E-state index in [1.165, 1.54) is 0 Å². The van der Waals surface area contributed by atoms with Crippen LogP contribution in [0.2, 0.25) is 0 Å². The van der Waals surface area contributed by atoms with E-state index in [-0.39, 0.29) is 5.41 Å². The molecule has 0 aromatic carbocycles. The summed E-state index contributed by atoms with van der Waals surface area (Å²) < 4.78 is 1.03. The van der Waals surface area contributed by atoms with E-state index >= 15 is 0 Å². The Kier molecular flexibility index (Phi) is 5.87. The van der Waals surface area contributed by atoms with Gasteiger partial charge in [0.05, 0.1) is 0 Å². The summed E-state index contributed by atoms with van der Waals surface area (Å²) in [6.07, 6.45) is 3.05. The molecule has 5 nitrogen and oxygen atoms in total. The molecule has 0 aliphatic heterocycles. The molecule has 18 heavy (non-hydrogen) atoms. The smallest absolute Gasteiger partial charge is 0.174 e. The zero-order valence-electron chi connectivity index (χ0n) is 11.0. The number of nitrogens with two attached hydrogens (primary N) is 1. The fraction of sp³-hybridized carbons (Fsp3) is 0.727. The molecular weight excluding hydrogens is 268 g/mol. The molecule has 0 aliphatic rings. The quantitative estimate of drug-likeness (QED) is 0.201. The number of rotatable bonds is 7. The van der Waals surface area contributed by atoms with Crippen molar-refractivity contribution in [1.82, 2.24) is 10.2 Å². The zero-order chi connectivity index (χ0) is 13.6. The maximum Gasteiger partial charge on any atom is 0.174 e. The molecule has 1 aromatic heterocycles. The molecule has 0 unspecified atom stereocenters. The zero-order valence-corrected chi connectivity index (χ0v) is 12.6. The SMILES string of the molecule is Cc1nnc(SCCCCC(C)(C)C(N)=NO)s1.